The number of benzene rings is 1. The lowest BCUT2D eigenvalue weighted by Gasteiger charge is -2.31. The number of rotatable bonds is 5. The van der Waals surface area contributed by atoms with Gasteiger partial charge in [0.2, 0.25) is 10.0 Å². The number of hydrogen-bond acceptors (Lipinski definition) is 5. The minimum Gasteiger partial charge on any atom is -0.383 e. The summed E-state index contributed by atoms with van der Waals surface area (Å²) in [7, 11) is 1.29. The quantitative estimate of drug-likeness (QED) is 0.782. The van der Waals surface area contributed by atoms with Gasteiger partial charge in [0.05, 0.1) is 16.9 Å². The van der Waals surface area contributed by atoms with Crippen molar-refractivity contribution in [2.45, 2.75) is 30.4 Å². The minimum absolute atomic E-state index is 0.151. The van der Waals surface area contributed by atoms with Crippen molar-refractivity contribution < 1.29 is 18.3 Å². The number of aryl methyl sites for hydroxylation is 1. The van der Waals surface area contributed by atoms with Crippen molar-refractivity contribution in [2.24, 2.45) is 7.05 Å². The van der Waals surface area contributed by atoms with Gasteiger partial charge in [0.1, 0.15) is 6.10 Å². The van der Waals surface area contributed by atoms with Gasteiger partial charge in [-0.2, -0.15) is 0 Å². The van der Waals surface area contributed by atoms with Crippen LogP contribution in [0.3, 0.4) is 0 Å². The first-order chi connectivity index (χ1) is 12.7. The maximum Gasteiger partial charge on any atom is 0.252 e. The van der Waals surface area contributed by atoms with Gasteiger partial charge in [-0.15, -0.1) is 0 Å². The minimum atomic E-state index is -3.54. The smallest absolute Gasteiger partial charge is 0.252 e. The molecular weight excluding hydrogens is 368 g/mol. The zero-order chi connectivity index (χ0) is 19.8. The summed E-state index contributed by atoms with van der Waals surface area (Å²) in [5.41, 5.74) is 2.19. The van der Waals surface area contributed by atoms with E-state index < -0.39 is 16.1 Å². The summed E-state index contributed by atoms with van der Waals surface area (Å²) in [5, 5.41) is 10.3. The van der Waals surface area contributed by atoms with Crippen molar-refractivity contribution in [2.75, 3.05) is 20.6 Å². The average molecular weight is 392 g/mol. The molecule has 1 N–H and O–H groups in total. The molecular formula is C18H24N4O4S. The Bertz CT molecular complexity index is 952. The Morgan fingerprint density at radius 2 is 2.11 bits per heavy atom. The lowest BCUT2D eigenvalue weighted by atomic mass is 9.99. The maximum atomic E-state index is 12.6. The van der Waals surface area contributed by atoms with Crippen LogP contribution in [0.15, 0.2) is 35.6 Å². The van der Waals surface area contributed by atoms with Gasteiger partial charge in [-0.3, -0.25) is 4.79 Å². The molecule has 1 aromatic carbocycles. The predicted octanol–water partition coefficient (Wildman–Crippen LogP) is 0.159. The van der Waals surface area contributed by atoms with Crippen molar-refractivity contribution in [1.29, 1.82) is 0 Å². The SMILES string of the molecule is CN(C)S(=O)(=O)c1cccc2c1CCN(C(=O)C(O)Cc1cn(C)cn1)C2. The van der Waals surface area contributed by atoms with Gasteiger partial charge in [-0.05, 0) is 23.6 Å². The number of imidazole rings is 1. The highest BCUT2D eigenvalue weighted by Gasteiger charge is 2.30. The zero-order valence-corrected chi connectivity index (χ0v) is 16.5. The topological polar surface area (TPSA) is 95.7 Å². The molecule has 146 valence electrons. The second-order valence-corrected chi connectivity index (χ2v) is 9.06. The monoisotopic (exact) mass is 392 g/mol. The fraction of sp³-hybridized carbons (Fsp3) is 0.444. The molecule has 0 fully saturated rings. The molecule has 0 radical (unpaired) electrons. The Morgan fingerprint density at radius 1 is 1.37 bits per heavy atom. The molecule has 0 aliphatic carbocycles. The number of carbonyl (C=O) groups is 1. The van der Waals surface area contributed by atoms with E-state index in [1.807, 2.05) is 13.1 Å². The van der Waals surface area contributed by atoms with Gasteiger partial charge < -0.3 is 14.6 Å². The molecule has 1 atom stereocenters. The van der Waals surface area contributed by atoms with Gasteiger partial charge in [-0.25, -0.2) is 17.7 Å². The van der Waals surface area contributed by atoms with Crippen LogP contribution in [0.1, 0.15) is 16.8 Å². The van der Waals surface area contributed by atoms with Crippen LogP contribution in [0.4, 0.5) is 0 Å². The maximum absolute atomic E-state index is 12.6. The summed E-state index contributed by atoms with van der Waals surface area (Å²) < 4.78 is 28.0. The summed E-state index contributed by atoms with van der Waals surface area (Å²) in [6, 6.07) is 5.11. The Labute approximate surface area is 159 Å². The molecule has 2 aromatic rings. The summed E-state index contributed by atoms with van der Waals surface area (Å²) in [4.78, 5) is 18.6. The van der Waals surface area contributed by atoms with Crippen molar-refractivity contribution in [3.8, 4) is 0 Å². The Hall–Kier alpha value is -2.23. The number of carbonyl (C=O) groups excluding carboxylic acids is 1. The highest BCUT2D eigenvalue weighted by molar-refractivity contribution is 7.89. The number of hydrogen-bond donors (Lipinski definition) is 1. The molecule has 0 saturated carbocycles. The van der Waals surface area contributed by atoms with Crippen LogP contribution in [0.25, 0.3) is 0 Å². The molecule has 8 nitrogen and oxygen atoms in total. The lowest BCUT2D eigenvalue weighted by molar-refractivity contribution is -0.141. The van der Waals surface area contributed by atoms with E-state index in [9.17, 15) is 18.3 Å². The summed E-state index contributed by atoms with van der Waals surface area (Å²) >= 11 is 0. The van der Waals surface area contributed by atoms with Crippen LogP contribution in [0.5, 0.6) is 0 Å². The standard InChI is InChI=1S/C18H24N4O4S/c1-20(2)27(25,26)17-6-4-5-13-10-22(8-7-15(13)17)18(24)16(23)9-14-11-21(3)12-19-14/h4-6,11-12,16,23H,7-10H2,1-3H3. The molecule has 0 saturated heterocycles. The fourth-order valence-electron chi connectivity index (χ4n) is 3.27. The Kier molecular flexibility index (Phi) is 5.36. The number of aromatic nitrogens is 2. The number of nitrogens with zero attached hydrogens (tertiary/aromatic N) is 4. The predicted molar refractivity (Wildman–Crippen MR) is 99.4 cm³/mol. The average Bonchev–Trinajstić information content (AvgIpc) is 3.04. The molecule has 3 rings (SSSR count). The molecule has 1 aliphatic heterocycles. The van der Waals surface area contributed by atoms with Crippen molar-refractivity contribution in [1.82, 2.24) is 18.8 Å². The zero-order valence-electron chi connectivity index (χ0n) is 15.7. The van der Waals surface area contributed by atoms with Crippen LogP contribution in [-0.2, 0) is 41.3 Å². The van der Waals surface area contributed by atoms with Crippen molar-refractivity contribution in [3.63, 3.8) is 0 Å². The van der Waals surface area contributed by atoms with Gasteiger partial charge in [0.25, 0.3) is 5.91 Å². The summed E-state index contributed by atoms with van der Waals surface area (Å²) in [6.07, 6.45) is 2.80. The Balaban J connectivity index is 1.77. The van der Waals surface area contributed by atoms with Crippen molar-refractivity contribution >= 4 is 15.9 Å². The van der Waals surface area contributed by atoms with Gasteiger partial charge >= 0.3 is 0 Å². The fourth-order valence-corrected chi connectivity index (χ4v) is 4.46. The van der Waals surface area contributed by atoms with E-state index >= 15 is 0 Å². The van der Waals surface area contributed by atoms with Crippen LogP contribution >= 0.6 is 0 Å². The molecule has 9 heteroatoms. The normalized spacial score (nSPS) is 15.7. The van der Waals surface area contributed by atoms with Gasteiger partial charge in [0.15, 0.2) is 0 Å². The van der Waals surface area contributed by atoms with E-state index in [4.69, 9.17) is 0 Å². The number of fused-ring (bicyclic) bond motifs is 1. The van der Waals surface area contributed by atoms with Crippen LogP contribution in [-0.4, -0.2) is 64.9 Å². The van der Waals surface area contributed by atoms with Crippen LogP contribution in [0, 0.1) is 0 Å². The second kappa shape index (κ2) is 7.41. The first kappa shape index (κ1) is 19.5. The number of amides is 1. The van der Waals surface area contributed by atoms with E-state index in [0.717, 1.165) is 11.1 Å². The van der Waals surface area contributed by atoms with E-state index in [0.29, 0.717) is 18.7 Å². The highest BCUT2D eigenvalue weighted by atomic mass is 32.2. The van der Waals surface area contributed by atoms with E-state index in [-0.39, 0.29) is 23.8 Å². The van der Waals surface area contributed by atoms with Gasteiger partial charge in [-0.1, -0.05) is 12.1 Å². The van der Waals surface area contributed by atoms with Crippen molar-refractivity contribution in [3.05, 3.63) is 47.5 Å². The molecule has 1 aromatic heterocycles. The molecule has 2 heterocycles. The number of aliphatic hydroxyl groups is 1. The molecule has 1 unspecified atom stereocenters. The van der Waals surface area contributed by atoms with E-state index in [1.54, 1.807) is 34.1 Å². The largest absolute Gasteiger partial charge is 0.383 e. The van der Waals surface area contributed by atoms with E-state index in [2.05, 4.69) is 4.98 Å². The highest BCUT2D eigenvalue weighted by Crippen LogP contribution is 2.27. The summed E-state index contributed by atoms with van der Waals surface area (Å²) in [6.45, 7) is 0.648. The van der Waals surface area contributed by atoms with E-state index in [1.165, 1.54) is 18.4 Å². The van der Waals surface area contributed by atoms with Crippen LogP contribution < -0.4 is 0 Å². The third kappa shape index (κ3) is 3.90. The van der Waals surface area contributed by atoms with Crippen LogP contribution in [0.2, 0.25) is 0 Å². The lowest BCUT2D eigenvalue weighted by Crippen LogP contribution is -2.43. The molecule has 0 bridgehead atoms. The Morgan fingerprint density at radius 3 is 2.74 bits per heavy atom. The molecule has 1 amide bonds. The third-order valence-electron chi connectivity index (χ3n) is 4.74. The molecule has 27 heavy (non-hydrogen) atoms. The summed E-state index contributed by atoms with van der Waals surface area (Å²) in [5.74, 6) is -0.368. The first-order valence-corrected chi connectivity index (χ1v) is 10.1. The number of aliphatic hydroxyl groups excluding tert-OH is 1. The molecule has 1 aliphatic rings. The second-order valence-electron chi connectivity index (χ2n) is 6.94. The first-order valence-electron chi connectivity index (χ1n) is 8.67. The van der Waals surface area contributed by atoms with Gasteiger partial charge in [0, 0.05) is 46.9 Å². The number of sulfonamides is 1. The third-order valence-corrected chi connectivity index (χ3v) is 6.64. The molecule has 0 spiro atoms.